The van der Waals surface area contributed by atoms with Crippen molar-refractivity contribution >= 4 is 35.8 Å². The molecule has 13 heteroatoms. The van der Waals surface area contributed by atoms with E-state index in [9.17, 15) is 59.4 Å². The van der Waals surface area contributed by atoms with Crippen LogP contribution in [0.1, 0.15) is 62.1 Å². The fourth-order valence-electron chi connectivity index (χ4n) is 5.40. The predicted molar refractivity (Wildman–Crippen MR) is 182 cm³/mol. The summed E-state index contributed by atoms with van der Waals surface area (Å²) in [6.07, 6.45) is 0. The molecule has 0 saturated heterocycles. The molecular weight excluding hydrogens is 880 g/mol. The number of benzene rings is 6. The molecular formula is C42H24O12W. The number of carbonyl (C=O) groups is 6. The summed E-state index contributed by atoms with van der Waals surface area (Å²) in [7, 11) is 0. The summed E-state index contributed by atoms with van der Waals surface area (Å²) in [6.45, 7) is 0. The molecule has 0 aliphatic carbocycles. The van der Waals surface area contributed by atoms with Crippen LogP contribution < -0.4 is 30.6 Å². The minimum Gasteiger partial charge on any atom is -0.545 e. The quantitative estimate of drug-likeness (QED) is 0.190. The van der Waals surface area contributed by atoms with Crippen molar-refractivity contribution in [1.29, 1.82) is 0 Å². The van der Waals surface area contributed by atoms with Crippen LogP contribution in [0.2, 0.25) is 0 Å². The first-order chi connectivity index (χ1) is 25.8. The van der Waals surface area contributed by atoms with E-state index < -0.39 is 35.8 Å². The molecule has 6 rings (SSSR count). The smallest absolute Gasteiger partial charge is 0.545 e. The van der Waals surface area contributed by atoms with Crippen molar-refractivity contribution in [2.24, 2.45) is 0 Å². The molecule has 0 unspecified atom stereocenters. The van der Waals surface area contributed by atoms with Gasteiger partial charge in [-0.3, -0.25) is 0 Å². The first-order valence-corrected chi connectivity index (χ1v) is 15.7. The van der Waals surface area contributed by atoms with E-state index in [1.165, 1.54) is 54.6 Å². The van der Waals surface area contributed by atoms with Crippen molar-refractivity contribution in [3.63, 3.8) is 0 Å². The van der Waals surface area contributed by atoms with Crippen LogP contribution in [0.15, 0.2) is 146 Å². The molecule has 0 aliphatic heterocycles. The molecule has 6 aromatic carbocycles. The van der Waals surface area contributed by atoms with E-state index in [-0.39, 0.29) is 54.4 Å². The molecule has 0 aliphatic rings. The Hall–Kier alpha value is -7.17. The second-order valence-electron chi connectivity index (χ2n) is 11.0. The SMILES string of the molecule is O=C([O-])c1cccc(-c2ccccc2)c1C(=O)[O-].O=C([O-])c1cccc(-c2ccccc2)c1C(=O)[O-].O=C([O-])c1cccc(-c2ccccc2)c1C(=O)[O-].[W+6]. The Morgan fingerprint density at radius 1 is 0.273 bits per heavy atom. The number of hydrogen-bond donors (Lipinski definition) is 0. The molecule has 0 saturated carbocycles. The van der Waals surface area contributed by atoms with Crippen LogP contribution in [0.3, 0.4) is 0 Å². The Balaban J connectivity index is 0.000000220. The number of rotatable bonds is 9. The van der Waals surface area contributed by atoms with E-state index in [1.54, 1.807) is 91.0 Å². The third-order valence-electron chi connectivity index (χ3n) is 7.72. The van der Waals surface area contributed by atoms with Gasteiger partial charge in [0.25, 0.3) is 0 Å². The fraction of sp³-hybridized carbons (Fsp3) is 0. The summed E-state index contributed by atoms with van der Waals surface area (Å²) >= 11 is 0. The van der Waals surface area contributed by atoms with E-state index in [4.69, 9.17) is 0 Å². The molecule has 0 N–H and O–H groups in total. The van der Waals surface area contributed by atoms with Gasteiger partial charge in [0.15, 0.2) is 0 Å². The molecule has 55 heavy (non-hydrogen) atoms. The Morgan fingerprint density at radius 3 is 0.673 bits per heavy atom. The van der Waals surface area contributed by atoms with Crippen molar-refractivity contribution in [2.75, 3.05) is 0 Å². The van der Waals surface area contributed by atoms with Crippen LogP contribution in [0.4, 0.5) is 0 Å². The molecule has 0 bridgehead atoms. The van der Waals surface area contributed by atoms with Gasteiger partial charge >= 0.3 is 21.1 Å². The number of aromatic carboxylic acids is 6. The van der Waals surface area contributed by atoms with Crippen LogP contribution in [0.25, 0.3) is 33.4 Å². The molecule has 0 heterocycles. The average Bonchev–Trinajstić information content (AvgIpc) is 3.18. The maximum absolute atomic E-state index is 11.1. The van der Waals surface area contributed by atoms with E-state index >= 15 is 0 Å². The number of carboxylic acid groups (broad SMARTS) is 6. The topological polar surface area (TPSA) is 241 Å². The van der Waals surface area contributed by atoms with E-state index in [0.717, 1.165) is 0 Å². The zero-order valence-electron chi connectivity index (χ0n) is 28.2. The number of carboxylic acids is 6. The maximum atomic E-state index is 11.1. The maximum Gasteiger partial charge on any atom is 6.00 e. The van der Waals surface area contributed by atoms with Crippen LogP contribution in [0.5, 0.6) is 0 Å². The molecule has 0 spiro atoms. The van der Waals surface area contributed by atoms with Crippen LogP contribution in [-0.4, -0.2) is 35.8 Å². The van der Waals surface area contributed by atoms with Crippen molar-refractivity contribution < 1.29 is 80.5 Å². The van der Waals surface area contributed by atoms with Gasteiger partial charge in [0.2, 0.25) is 0 Å². The monoisotopic (exact) mass is 904 g/mol. The molecule has 0 amide bonds. The molecule has 6 aromatic rings. The van der Waals surface area contributed by atoms with Gasteiger partial charge in [0, 0.05) is 33.4 Å². The fourth-order valence-corrected chi connectivity index (χ4v) is 5.40. The first kappa shape index (κ1) is 42.2. The summed E-state index contributed by atoms with van der Waals surface area (Å²) in [5, 5.41) is 66.1. The average molecular weight is 904 g/mol. The largest absolute Gasteiger partial charge is 6.00 e. The molecule has 0 radical (unpaired) electrons. The van der Waals surface area contributed by atoms with Crippen molar-refractivity contribution in [3.8, 4) is 33.4 Å². The standard InChI is InChI=1S/3C14H10O4.W/c3*15-13(16)11-8-4-7-10(12(11)14(17)18)9-5-2-1-3-6-9;/h3*1-8H,(H,15,16)(H,17,18);/q;;;+6/p-6. The van der Waals surface area contributed by atoms with Crippen molar-refractivity contribution in [2.45, 2.75) is 0 Å². The summed E-state index contributed by atoms with van der Waals surface area (Å²) in [6, 6.07) is 38.5. The van der Waals surface area contributed by atoms with E-state index in [1.807, 2.05) is 0 Å². The second kappa shape index (κ2) is 19.6. The Kier molecular flexibility index (Phi) is 15.1. The third kappa shape index (κ3) is 10.5. The minimum atomic E-state index is -1.54. The van der Waals surface area contributed by atoms with E-state index in [0.29, 0.717) is 33.4 Å². The zero-order valence-corrected chi connectivity index (χ0v) is 31.1. The first-order valence-electron chi connectivity index (χ1n) is 15.7. The summed E-state index contributed by atoms with van der Waals surface area (Å²) in [5.74, 6) is -9.21. The Bertz CT molecular complexity index is 2080. The van der Waals surface area contributed by atoms with Crippen LogP contribution in [-0.2, 0) is 21.1 Å². The number of carbonyl (C=O) groups excluding carboxylic acids is 6. The van der Waals surface area contributed by atoms with Gasteiger partial charge in [-0.25, -0.2) is 0 Å². The van der Waals surface area contributed by atoms with Crippen molar-refractivity contribution in [3.05, 3.63) is 179 Å². The summed E-state index contributed by atoms with van der Waals surface area (Å²) < 4.78 is 0. The van der Waals surface area contributed by atoms with Gasteiger partial charge in [-0.05, 0) is 33.4 Å². The van der Waals surface area contributed by atoms with Gasteiger partial charge in [-0.15, -0.1) is 0 Å². The molecule has 12 nitrogen and oxygen atoms in total. The van der Waals surface area contributed by atoms with Gasteiger partial charge in [0.1, 0.15) is 0 Å². The molecule has 0 atom stereocenters. The molecule has 270 valence electrons. The van der Waals surface area contributed by atoms with Crippen LogP contribution >= 0.6 is 0 Å². The summed E-state index contributed by atoms with van der Waals surface area (Å²) in [5.41, 5.74) is 0.534. The van der Waals surface area contributed by atoms with Gasteiger partial charge in [-0.1, -0.05) is 146 Å². The predicted octanol–water partition coefficient (Wildman–Crippen LogP) is 0.239. The van der Waals surface area contributed by atoms with Gasteiger partial charge in [0.05, 0.1) is 35.8 Å². The van der Waals surface area contributed by atoms with E-state index in [2.05, 4.69) is 0 Å². The summed E-state index contributed by atoms with van der Waals surface area (Å²) in [4.78, 5) is 66.1. The van der Waals surface area contributed by atoms with Gasteiger partial charge in [-0.2, -0.15) is 0 Å². The second-order valence-corrected chi connectivity index (χ2v) is 11.0. The number of hydrogen-bond acceptors (Lipinski definition) is 12. The zero-order chi connectivity index (χ0) is 39.4. The minimum absolute atomic E-state index is 0. The molecule has 0 fully saturated rings. The van der Waals surface area contributed by atoms with Crippen LogP contribution in [0, 0.1) is 0 Å². The Morgan fingerprint density at radius 2 is 0.491 bits per heavy atom. The normalized spacial score (nSPS) is 9.82. The molecule has 0 aromatic heterocycles. The Labute approximate surface area is 327 Å². The van der Waals surface area contributed by atoms with Gasteiger partial charge < -0.3 is 59.4 Å². The van der Waals surface area contributed by atoms with Crippen molar-refractivity contribution in [1.82, 2.24) is 0 Å². The third-order valence-corrected chi connectivity index (χ3v) is 7.72.